The highest BCUT2D eigenvalue weighted by Crippen LogP contribution is 2.13. The molecule has 3 nitrogen and oxygen atoms in total. The Balaban J connectivity index is 2.30. The summed E-state index contributed by atoms with van der Waals surface area (Å²) in [6.45, 7) is 0. The lowest BCUT2D eigenvalue weighted by molar-refractivity contribution is 0.0599. The van der Waals surface area contributed by atoms with Gasteiger partial charge < -0.3 is 4.74 Å². The standard InChI is InChI=1S/C14H13NO2/c1-17-14(16)13-7-8-15-10-12(13)9-11-5-3-2-4-6-11/h2-8,10H,9H2,1H3. The van der Waals surface area contributed by atoms with E-state index in [0.29, 0.717) is 12.0 Å². The largest absolute Gasteiger partial charge is 0.465 e. The van der Waals surface area contributed by atoms with Crippen LogP contribution in [0.2, 0.25) is 0 Å². The summed E-state index contributed by atoms with van der Waals surface area (Å²) in [5.74, 6) is -0.321. The van der Waals surface area contributed by atoms with E-state index < -0.39 is 0 Å². The molecule has 2 rings (SSSR count). The van der Waals surface area contributed by atoms with Crippen LogP contribution in [0.5, 0.6) is 0 Å². The maximum atomic E-state index is 11.6. The second kappa shape index (κ2) is 5.25. The van der Waals surface area contributed by atoms with Crippen molar-refractivity contribution < 1.29 is 9.53 Å². The van der Waals surface area contributed by atoms with Crippen LogP contribution in [0.25, 0.3) is 0 Å². The molecule has 0 saturated heterocycles. The van der Waals surface area contributed by atoms with Crippen LogP contribution in [-0.2, 0) is 11.2 Å². The number of rotatable bonds is 3. The van der Waals surface area contributed by atoms with Crippen LogP contribution >= 0.6 is 0 Å². The summed E-state index contributed by atoms with van der Waals surface area (Å²) in [5, 5.41) is 0. The summed E-state index contributed by atoms with van der Waals surface area (Å²) in [6.07, 6.45) is 3.99. The number of hydrogen-bond donors (Lipinski definition) is 0. The molecule has 0 N–H and O–H groups in total. The van der Waals surface area contributed by atoms with Gasteiger partial charge in [0.25, 0.3) is 0 Å². The van der Waals surface area contributed by atoms with Gasteiger partial charge in [0.15, 0.2) is 0 Å². The molecule has 86 valence electrons. The molecular weight excluding hydrogens is 214 g/mol. The number of ether oxygens (including phenoxy) is 1. The fraction of sp³-hybridized carbons (Fsp3) is 0.143. The van der Waals surface area contributed by atoms with E-state index in [4.69, 9.17) is 4.74 Å². The molecule has 0 radical (unpaired) electrons. The highest BCUT2D eigenvalue weighted by atomic mass is 16.5. The van der Waals surface area contributed by atoms with Crippen molar-refractivity contribution in [2.45, 2.75) is 6.42 Å². The first-order valence-corrected chi connectivity index (χ1v) is 5.36. The Kier molecular flexibility index (Phi) is 3.50. The molecule has 1 aromatic heterocycles. The fourth-order valence-electron chi connectivity index (χ4n) is 1.69. The van der Waals surface area contributed by atoms with E-state index in [1.54, 1.807) is 18.5 Å². The zero-order valence-corrected chi connectivity index (χ0v) is 9.59. The van der Waals surface area contributed by atoms with Gasteiger partial charge >= 0.3 is 5.97 Å². The Bertz CT molecular complexity index is 509. The van der Waals surface area contributed by atoms with E-state index in [1.807, 2.05) is 30.3 Å². The third-order valence-corrected chi connectivity index (χ3v) is 2.55. The molecular formula is C14H13NO2. The van der Waals surface area contributed by atoms with Crippen LogP contribution in [-0.4, -0.2) is 18.1 Å². The zero-order valence-electron chi connectivity index (χ0n) is 9.59. The minimum absolute atomic E-state index is 0.321. The lowest BCUT2D eigenvalue weighted by atomic mass is 10.0. The van der Waals surface area contributed by atoms with Gasteiger partial charge in [0.2, 0.25) is 0 Å². The van der Waals surface area contributed by atoms with Crippen molar-refractivity contribution in [2.75, 3.05) is 7.11 Å². The number of nitrogens with zero attached hydrogens (tertiary/aromatic N) is 1. The van der Waals surface area contributed by atoms with Crippen LogP contribution in [0.3, 0.4) is 0 Å². The average molecular weight is 227 g/mol. The van der Waals surface area contributed by atoms with Gasteiger partial charge in [-0.15, -0.1) is 0 Å². The van der Waals surface area contributed by atoms with Crippen molar-refractivity contribution in [3.63, 3.8) is 0 Å². The normalized spacial score (nSPS) is 9.94. The maximum absolute atomic E-state index is 11.6. The number of esters is 1. The van der Waals surface area contributed by atoms with E-state index in [9.17, 15) is 4.79 Å². The zero-order chi connectivity index (χ0) is 12.1. The Morgan fingerprint density at radius 2 is 2.00 bits per heavy atom. The van der Waals surface area contributed by atoms with Crippen LogP contribution in [0.1, 0.15) is 21.5 Å². The molecule has 2 aromatic rings. The highest BCUT2D eigenvalue weighted by Gasteiger charge is 2.11. The fourth-order valence-corrected chi connectivity index (χ4v) is 1.69. The Labute approximate surface area is 100 Å². The quantitative estimate of drug-likeness (QED) is 0.756. The summed E-state index contributed by atoms with van der Waals surface area (Å²) in [7, 11) is 1.38. The Hall–Kier alpha value is -2.16. The lowest BCUT2D eigenvalue weighted by Crippen LogP contribution is -2.06. The molecule has 0 bridgehead atoms. The minimum Gasteiger partial charge on any atom is -0.465 e. The molecule has 3 heteroatoms. The number of carbonyl (C=O) groups is 1. The van der Waals surface area contributed by atoms with E-state index in [1.165, 1.54) is 7.11 Å². The van der Waals surface area contributed by atoms with Crippen molar-refractivity contribution in [1.29, 1.82) is 0 Å². The van der Waals surface area contributed by atoms with Crippen LogP contribution in [0.4, 0.5) is 0 Å². The summed E-state index contributed by atoms with van der Waals surface area (Å²) in [5.41, 5.74) is 2.60. The molecule has 0 fully saturated rings. The van der Waals surface area contributed by atoms with Gasteiger partial charge in [-0.05, 0) is 23.6 Å². The van der Waals surface area contributed by atoms with Gasteiger partial charge in [-0.25, -0.2) is 4.79 Å². The molecule has 0 unspecified atom stereocenters. The molecule has 1 aromatic carbocycles. The third kappa shape index (κ3) is 2.69. The molecule has 0 atom stereocenters. The van der Waals surface area contributed by atoms with Crippen LogP contribution < -0.4 is 0 Å². The van der Waals surface area contributed by atoms with Crippen molar-refractivity contribution in [2.24, 2.45) is 0 Å². The van der Waals surface area contributed by atoms with Gasteiger partial charge in [-0.2, -0.15) is 0 Å². The maximum Gasteiger partial charge on any atom is 0.338 e. The van der Waals surface area contributed by atoms with Crippen LogP contribution in [0, 0.1) is 0 Å². The minimum atomic E-state index is -0.321. The summed E-state index contributed by atoms with van der Waals surface area (Å²) in [4.78, 5) is 15.6. The number of aromatic nitrogens is 1. The van der Waals surface area contributed by atoms with E-state index >= 15 is 0 Å². The first-order valence-electron chi connectivity index (χ1n) is 5.36. The first-order chi connectivity index (χ1) is 8.31. The van der Waals surface area contributed by atoms with Crippen molar-refractivity contribution >= 4 is 5.97 Å². The number of pyridine rings is 1. The van der Waals surface area contributed by atoms with E-state index in [-0.39, 0.29) is 5.97 Å². The van der Waals surface area contributed by atoms with E-state index in [0.717, 1.165) is 11.1 Å². The Morgan fingerprint density at radius 3 is 2.71 bits per heavy atom. The summed E-state index contributed by atoms with van der Waals surface area (Å²) in [6, 6.07) is 11.6. The first kappa shape index (κ1) is 11.3. The summed E-state index contributed by atoms with van der Waals surface area (Å²) < 4.78 is 4.75. The SMILES string of the molecule is COC(=O)c1ccncc1Cc1ccccc1. The van der Waals surface area contributed by atoms with Crippen molar-refractivity contribution in [3.8, 4) is 0 Å². The monoisotopic (exact) mass is 227 g/mol. The predicted octanol–water partition coefficient (Wildman–Crippen LogP) is 2.46. The Morgan fingerprint density at radius 1 is 1.24 bits per heavy atom. The summed E-state index contributed by atoms with van der Waals surface area (Å²) >= 11 is 0. The molecule has 1 heterocycles. The smallest absolute Gasteiger partial charge is 0.338 e. The lowest BCUT2D eigenvalue weighted by Gasteiger charge is -2.06. The second-order valence-corrected chi connectivity index (χ2v) is 3.69. The van der Waals surface area contributed by atoms with Gasteiger partial charge in [-0.3, -0.25) is 4.98 Å². The van der Waals surface area contributed by atoms with E-state index in [2.05, 4.69) is 4.98 Å². The van der Waals surface area contributed by atoms with Gasteiger partial charge in [0, 0.05) is 12.4 Å². The van der Waals surface area contributed by atoms with Crippen molar-refractivity contribution in [1.82, 2.24) is 4.98 Å². The predicted molar refractivity (Wildman–Crippen MR) is 64.8 cm³/mol. The highest BCUT2D eigenvalue weighted by molar-refractivity contribution is 5.90. The van der Waals surface area contributed by atoms with Crippen LogP contribution in [0.15, 0.2) is 48.8 Å². The topological polar surface area (TPSA) is 39.2 Å². The molecule has 0 spiro atoms. The molecule has 0 aliphatic rings. The molecule has 17 heavy (non-hydrogen) atoms. The second-order valence-electron chi connectivity index (χ2n) is 3.69. The molecule has 0 aliphatic carbocycles. The van der Waals surface area contributed by atoms with Crippen molar-refractivity contribution in [3.05, 3.63) is 65.5 Å². The number of hydrogen-bond acceptors (Lipinski definition) is 3. The number of benzene rings is 1. The average Bonchev–Trinajstić information content (AvgIpc) is 2.40. The molecule has 0 saturated carbocycles. The molecule has 0 aliphatic heterocycles. The van der Waals surface area contributed by atoms with Gasteiger partial charge in [-0.1, -0.05) is 30.3 Å². The number of carbonyl (C=O) groups excluding carboxylic acids is 1. The van der Waals surface area contributed by atoms with Gasteiger partial charge in [0.05, 0.1) is 12.7 Å². The van der Waals surface area contributed by atoms with Gasteiger partial charge in [0.1, 0.15) is 0 Å². The third-order valence-electron chi connectivity index (χ3n) is 2.55. The molecule has 0 amide bonds. The number of methoxy groups -OCH3 is 1.